The molecule has 11 heteroatoms. The first-order valence-electron chi connectivity index (χ1n) is 14.1. The lowest BCUT2D eigenvalue weighted by molar-refractivity contribution is -0.763. The Morgan fingerprint density at radius 2 is 1.69 bits per heavy atom. The van der Waals surface area contributed by atoms with Gasteiger partial charge in [0.05, 0.1) is 32.3 Å². The molecule has 0 unspecified atom stereocenters. The number of fused-ring (bicyclic) bond motifs is 3. The van der Waals surface area contributed by atoms with Gasteiger partial charge < -0.3 is 24.4 Å². The van der Waals surface area contributed by atoms with Crippen LogP contribution in [0.1, 0.15) is 39.5 Å². The summed E-state index contributed by atoms with van der Waals surface area (Å²) in [5, 5.41) is 13.2. The Kier molecular flexibility index (Phi) is 9.58. The Morgan fingerprint density at radius 1 is 0.956 bits per heavy atom. The van der Waals surface area contributed by atoms with Crippen LogP contribution in [0, 0.1) is 10.1 Å². The first kappa shape index (κ1) is 31.4. The zero-order valence-electron chi connectivity index (χ0n) is 25.2. The monoisotopic (exact) mass is 628 g/mol. The smallest absolute Gasteiger partial charge is 0.294 e. The van der Waals surface area contributed by atoms with E-state index in [1.54, 1.807) is 44.6 Å². The molecule has 0 spiro atoms. The van der Waals surface area contributed by atoms with Crippen molar-refractivity contribution in [1.29, 1.82) is 0 Å². The van der Waals surface area contributed by atoms with Crippen LogP contribution in [0.3, 0.4) is 0 Å². The molecular weight excluding hydrogens is 596 g/mol. The number of ether oxygens (including phenoxy) is 3. The van der Waals surface area contributed by atoms with E-state index in [9.17, 15) is 19.7 Å². The van der Waals surface area contributed by atoms with Crippen LogP contribution in [0.25, 0.3) is 22.3 Å². The Morgan fingerprint density at radius 3 is 2.36 bits per heavy atom. The van der Waals surface area contributed by atoms with Crippen LogP contribution in [0.5, 0.6) is 17.2 Å². The molecule has 0 aromatic heterocycles. The average Bonchev–Trinajstić information content (AvgIpc) is 3.30. The Bertz CT molecular complexity index is 1810. The van der Waals surface area contributed by atoms with Gasteiger partial charge in [-0.15, -0.1) is 21.9 Å². The summed E-state index contributed by atoms with van der Waals surface area (Å²) >= 11 is 1.34. The van der Waals surface area contributed by atoms with Gasteiger partial charge in [0.2, 0.25) is 5.75 Å². The van der Waals surface area contributed by atoms with Crippen LogP contribution in [-0.2, 0) is 17.9 Å². The number of carbonyl (C=O) groups excluding carboxylic acids is 1. The summed E-state index contributed by atoms with van der Waals surface area (Å²) in [5.41, 5.74) is 5.10. The molecule has 0 bridgehead atoms. The van der Waals surface area contributed by atoms with Gasteiger partial charge in [-0.3, -0.25) is 9.59 Å². The fourth-order valence-corrected chi connectivity index (χ4v) is 6.18. The van der Waals surface area contributed by atoms with E-state index in [1.807, 2.05) is 48.7 Å². The van der Waals surface area contributed by atoms with Crippen LogP contribution in [0.15, 0.2) is 82.5 Å². The molecule has 0 saturated carbocycles. The van der Waals surface area contributed by atoms with E-state index in [2.05, 4.69) is 10.2 Å². The maximum absolute atomic E-state index is 14.2. The highest BCUT2D eigenvalue weighted by Gasteiger charge is 2.30. The van der Waals surface area contributed by atoms with Crippen molar-refractivity contribution in [2.75, 3.05) is 27.6 Å². The van der Waals surface area contributed by atoms with Crippen molar-refractivity contribution in [2.24, 2.45) is 0 Å². The number of rotatable bonds is 10. The van der Waals surface area contributed by atoms with E-state index >= 15 is 0 Å². The highest BCUT2D eigenvalue weighted by atomic mass is 32.2. The van der Waals surface area contributed by atoms with E-state index in [4.69, 9.17) is 14.2 Å². The topological polar surface area (TPSA) is 126 Å². The second-order valence-electron chi connectivity index (χ2n) is 10.3. The SMILES string of the molecule is COc1cc2c(c(OC)c1OC)-c1ccc(SC)c(=O)cc1[C@@H](NC(=O)c1cc(CO[N+](=O)[O-])ccc1-c1ccccc1)CC2. The van der Waals surface area contributed by atoms with Crippen LogP contribution in [0.2, 0.25) is 0 Å². The quantitative estimate of drug-likeness (QED) is 0.123. The summed E-state index contributed by atoms with van der Waals surface area (Å²) in [6.07, 6.45) is 2.83. The fourth-order valence-electron chi connectivity index (χ4n) is 5.72. The van der Waals surface area contributed by atoms with E-state index in [-0.39, 0.29) is 12.0 Å². The van der Waals surface area contributed by atoms with Gasteiger partial charge in [0.1, 0.15) is 6.61 Å². The molecule has 10 nitrogen and oxygen atoms in total. The third kappa shape index (κ3) is 6.44. The Hall–Kier alpha value is -5.03. The summed E-state index contributed by atoms with van der Waals surface area (Å²) in [7, 11) is 4.65. The molecule has 4 aromatic carbocycles. The van der Waals surface area contributed by atoms with Crippen molar-refractivity contribution in [3.63, 3.8) is 0 Å². The minimum Gasteiger partial charge on any atom is -0.493 e. The molecule has 1 atom stereocenters. The normalized spacial score (nSPS) is 13.5. The maximum Gasteiger partial charge on any atom is 0.294 e. The summed E-state index contributed by atoms with van der Waals surface area (Å²) < 4.78 is 17.2. The number of thioether (sulfide) groups is 1. The van der Waals surface area contributed by atoms with Crippen molar-refractivity contribution in [3.05, 3.63) is 115 Å². The van der Waals surface area contributed by atoms with E-state index in [1.165, 1.54) is 18.9 Å². The molecule has 0 saturated heterocycles. The van der Waals surface area contributed by atoms with Crippen LogP contribution in [0.4, 0.5) is 0 Å². The summed E-state index contributed by atoms with van der Waals surface area (Å²) in [4.78, 5) is 43.5. The van der Waals surface area contributed by atoms with E-state index < -0.39 is 17.0 Å². The standard InChI is InChI=1S/C34H32N2O8S/c1-41-29-17-22-11-14-27(25-18-28(37)30(45-4)15-13-24(25)31(22)33(43-3)32(29)42-2)35-34(38)26-16-20(19-44-36(39)40)10-12-23(26)21-8-6-5-7-9-21/h5-10,12-13,15-18,27H,11,14,19H2,1-4H3,(H,35,38)/t27-/m0/s1. The van der Waals surface area contributed by atoms with Gasteiger partial charge in [0, 0.05) is 11.1 Å². The van der Waals surface area contributed by atoms with E-state index in [0.717, 1.165) is 22.3 Å². The molecule has 232 valence electrons. The number of nitrogens with zero attached hydrogens (tertiary/aromatic N) is 1. The first-order valence-corrected chi connectivity index (χ1v) is 15.3. The highest BCUT2D eigenvalue weighted by Crippen LogP contribution is 2.50. The van der Waals surface area contributed by atoms with E-state index in [0.29, 0.717) is 57.2 Å². The van der Waals surface area contributed by atoms with Gasteiger partial charge in [-0.2, -0.15) is 0 Å². The molecule has 1 N–H and O–H groups in total. The molecule has 1 aliphatic rings. The average molecular weight is 629 g/mol. The van der Waals surface area contributed by atoms with Gasteiger partial charge in [0.15, 0.2) is 16.9 Å². The van der Waals surface area contributed by atoms with Crippen molar-refractivity contribution < 1.29 is 28.9 Å². The number of amides is 1. The third-order valence-electron chi connectivity index (χ3n) is 7.78. The zero-order valence-corrected chi connectivity index (χ0v) is 26.1. The Labute approximate surface area is 264 Å². The van der Waals surface area contributed by atoms with Gasteiger partial charge in [-0.25, -0.2) is 0 Å². The second-order valence-corrected chi connectivity index (χ2v) is 11.1. The first-order chi connectivity index (χ1) is 21.8. The predicted octanol–water partition coefficient (Wildman–Crippen LogP) is 6.25. The number of nitrogens with one attached hydrogen (secondary N) is 1. The van der Waals surface area contributed by atoms with Crippen molar-refractivity contribution in [1.82, 2.24) is 5.32 Å². The van der Waals surface area contributed by atoms with Gasteiger partial charge in [-0.1, -0.05) is 48.5 Å². The van der Waals surface area contributed by atoms with Gasteiger partial charge in [-0.05, 0) is 76.7 Å². The number of carbonyl (C=O) groups is 1. The van der Waals surface area contributed by atoms with Crippen molar-refractivity contribution in [2.45, 2.75) is 30.4 Å². The van der Waals surface area contributed by atoms with Crippen molar-refractivity contribution in [3.8, 4) is 39.5 Å². The number of hydrogen-bond acceptors (Lipinski definition) is 9. The summed E-state index contributed by atoms with van der Waals surface area (Å²) in [6, 6.07) is 21.0. The summed E-state index contributed by atoms with van der Waals surface area (Å²) in [6.45, 7) is -0.305. The van der Waals surface area contributed by atoms with Gasteiger partial charge in [0.25, 0.3) is 11.0 Å². The van der Waals surface area contributed by atoms with Crippen LogP contribution in [-0.4, -0.2) is 38.6 Å². The molecule has 0 fully saturated rings. The fraction of sp³-hybridized carbons (Fsp3) is 0.235. The third-order valence-corrected chi connectivity index (χ3v) is 8.55. The molecule has 1 aliphatic carbocycles. The lowest BCUT2D eigenvalue weighted by Crippen LogP contribution is -2.29. The predicted molar refractivity (Wildman–Crippen MR) is 172 cm³/mol. The molecule has 45 heavy (non-hydrogen) atoms. The zero-order chi connectivity index (χ0) is 32.1. The van der Waals surface area contributed by atoms with Gasteiger partial charge >= 0.3 is 0 Å². The molecule has 5 rings (SSSR count). The Balaban J connectivity index is 1.65. The lowest BCUT2D eigenvalue weighted by atomic mass is 9.94. The minimum absolute atomic E-state index is 0.171. The molecule has 1 amide bonds. The van der Waals surface area contributed by atoms with Crippen LogP contribution < -0.4 is 25.0 Å². The number of benzene rings is 3. The summed E-state index contributed by atoms with van der Waals surface area (Å²) in [5.74, 6) is 1.000. The largest absolute Gasteiger partial charge is 0.493 e. The number of aryl methyl sites for hydroxylation is 1. The molecule has 0 aliphatic heterocycles. The van der Waals surface area contributed by atoms with Crippen molar-refractivity contribution >= 4 is 17.7 Å². The molecule has 0 heterocycles. The number of hydrogen-bond donors (Lipinski definition) is 1. The molecular formula is C34H32N2O8S. The lowest BCUT2D eigenvalue weighted by Gasteiger charge is -2.21. The second kappa shape index (κ2) is 13.7. The molecule has 0 radical (unpaired) electrons. The maximum atomic E-state index is 14.2. The number of methoxy groups -OCH3 is 3. The van der Waals surface area contributed by atoms with Crippen LogP contribution >= 0.6 is 11.8 Å². The minimum atomic E-state index is -0.868. The molecule has 4 aromatic rings. The highest BCUT2D eigenvalue weighted by molar-refractivity contribution is 7.98.